The smallest absolute Gasteiger partial charge is 0.265 e. The standard InChI is InChI=1S/C15H14N2O2S/c1-2-17-14(19)12(13(18)16-15(17)20)10-6-9-11-7-4-3-5-8-11/h3-10H,2H2,1H3,(H,16,18,20)/b9-6+,12-10+. The van der Waals surface area contributed by atoms with Crippen LogP contribution in [0.15, 0.2) is 48.1 Å². The molecule has 102 valence electrons. The van der Waals surface area contributed by atoms with Crippen molar-refractivity contribution in [3.63, 3.8) is 0 Å². The lowest BCUT2D eigenvalue weighted by molar-refractivity contribution is -0.128. The average molecular weight is 286 g/mol. The van der Waals surface area contributed by atoms with Gasteiger partial charge in [0.1, 0.15) is 5.57 Å². The Morgan fingerprint density at radius 3 is 2.60 bits per heavy atom. The van der Waals surface area contributed by atoms with Crippen LogP contribution in [-0.4, -0.2) is 28.4 Å². The van der Waals surface area contributed by atoms with Gasteiger partial charge in [-0.2, -0.15) is 0 Å². The van der Waals surface area contributed by atoms with Gasteiger partial charge in [0, 0.05) is 6.54 Å². The van der Waals surface area contributed by atoms with Gasteiger partial charge in [-0.1, -0.05) is 42.5 Å². The zero-order valence-corrected chi connectivity index (χ0v) is 11.8. The third kappa shape index (κ3) is 3.00. The molecule has 2 rings (SSSR count). The fourth-order valence-electron chi connectivity index (χ4n) is 1.82. The van der Waals surface area contributed by atoms with Crippen LogP contribution in [0.4, 0.5) is 0 Å². The minimum Gasteiger partial charge on any atom is -0.298 e. The highest BCUT2D eigenvalue weighted by Crippen LogP contribution is 2.10. The lowest BCUT2D eigenvalue weighted by atomic mass is 10.1. The number of benzene rings is 1. The topological polar surface area (TPSA) is 49.4 Å². The van der Waals surface area contributed by atoms with Gasteiger partial charge in [-0.25, -0.2) is 0 Å². The molecule has 1 aromatic carbocycles. The highest BCUT2D eigenvalue weighted by Gasteiger charge is 2.31. The van der Waals surface area contributed by atoms with E-state index >= 15 is 0 Å². The highest BCUT2D eigenvalue weighted by molar-refractivity contribution is 7.80. The molecular weight excluding hydrogens is 272 g/mol. The van der Waals surface area contributed by atoms with Crippen molar-refractivity contribution in [1.82, 2.24) is 10.2 Å². The van der Waals surface area contributed by atoms with Gasteiger partial charge in [-0.15, -0.1) is 0 Å². The molecule has 2 amide bonds. The van der Waals surface area contributed by atoms with Crippen LogP contribution < -0.4 is 5.32 Å². The van der Waals surface area contributed by atoms with Gasteiger partial charge < -0.3 is 0 Å². The Kier molecular flexibility index (Phi) is 4.42. The Labute approximate surface area is 122 Å². The van der Waals surface area contributed by atoms with Gasteiger partial charge in [0.25, 0.3) is 11.8 Å². The Morgan fingerprint density at radius 1 is 1.25 bits per heavy atom. The van der Waals surface area contributed by atoms with Crippen molar-refractivity contribution in [2.24, 2.45) is 0 Å². The first kappa shape index (κ1) is 14.1. The first-order valence-corrected chi connectivity index (χ1v) is 6.65. The van der Waals surface area contributed by atoms with E-state index in [0.29, 0.717) is 6.54 Å². The highest BCUT2D eigenvalue weighted by atomic mass is 32.1. The second kappa shape index (κ2) is 6.25. The Morgan fingerprint density at radius 2 is 1.95 bits per heavy atom. The van der Waals surface area contributed by atoms with E-state index in [4.69, 9.17) is 12.2 Å². The molecule has 0 unspecified atom stereocenters. The van der Waals surface area contributed by atoms with Crippen molar-refractivity contribution < 1.29 is 9.59 Å². The molecule has 0 bridgehead atoms. The summed E-state index contributed by atoms with van der Waals surface area (Å²) in [5.41, 5.74) is 1.09. The van der Waals surface area contributed by atoms with Crippen molar-refractivity contribution in [3.05, 3.63) is 53.6 Å². The van der Waals surface area contributed by atoms with E-state index in [1.165, 1.54) is 11.0 Å². The molecule has 1 heterocycles. The van der Waals surface area contributed by atoms with E-state index in [-0.39, 0.29) is 16.6 Å². The van der Waals surface area contributed by atoms with E-state index in [2.05, 4.69) is 5.32 Å². The van der Waals surface area contributed by atoms with Gasteiger partial charge >= 0.3 is 0 Å². The Bertz CT molecular complexity index is 606. The first-order valence-electron chi connectivity index (χ1n) is 6.24. The van der Waals surface area contributed by atoms with Crippen molar-refractivity contribution in [1.29, 1.82) is 0 Å². The summed E-state index contributed by atoms with van der Waals surface area (Å²) in [7, 11) is 0. The molecule has 0 spiro atoms. The van der Waals surface area contributed by atoms with E-state index in [0.717, 1.165) is 5.56 Å². The van der Waals surface area contributed by atoms with Crippen LogP contribution in [0.2, 0.25) is 0 Å². The van der Waals surface area contributed by atoms with E-state index in [1.54, 1.807) is 13.0 Å². The number of thiocarbonyl (C=S) groups is 1. The van der Waals surface area contributed by atoms with Crippen LogP contribution in [0.5, 0.6) is 0 Å². The molecule has 1 aliphatic heterocycles. The predicted octanol–water partition coefficient (Wildman–Crippen LogP) is 1.89. The van der Waals surface area contributed by atoms with Crippen LogP contribution in [0.1, 0.15) is 12.5 Å². The third-order valence-electron chi connectivity index (χ3n) is 2.85. The van der Waals surface area contributed by atoms with Gasteiger partial charge in [-0.3, -0.25) is 19.8 Å². The number of carbonyl (C=O) groups is 2. The average Bonchev–Trinajstić information content (AvgIpc) is 2.44. The number of likely N-dealkylation sites (N-methyl/N-ethyl adjacent to an activating group) is 1. The largest absolute Gasteiger partial charge is 0.298 e. The number of hydrogen-bond donors (Lipinski definition) is 1. The number of carbonyl (C=O) groups excluding carboxylic acids is 2. The summed E-state index contributed by atoms with van der Waals surface area (Å²) >= 11 is 4.95. The molecule has 0 radical (unpaired) electrons. The number of rotatable bonds is 3. The lowest BCUT2D eigenvalue weighted by Gasteiger charge is -2.27. The summed E-state index contributed by atoms with van der Waals surface area (Å²) in [6, 6.07) is 9.63. The van der Waals surface area contributed by atoms with E-state index < -0.39 is 5.91 Å². The van der Waals surface area contributed by atoms with E-state index in [9.17, 15) is 9.59 Å². The summed E-state index contributed by atoms with van der Waals surface area (Å²) in [4.78, 5) is 25.2. The molecule has 1 fully saturated rings. The fraction of sp³-hybridized carbons (Fsp3) is 0.133. The molecule has 0 atom stereocenters. The summed E-state index contributed by atoms with van der Waals surface area (Å²) in [5, 5.41) is 2.66. The van der Waals surface area contributed by atoms with Gasteiger partial charge in [0.05, 0.1) is 0 Å². The van der Waals surface area contributed by atoms with Crippen LogP contribution >= 0.6 is 12.2 Å². The minimum atomic E-state index is -0.456. The zero-order chi connectivity index (χ0) is 14.5. The summed E-state index contributed by atoms with van der Waals surface area (Å²) in [6.07, 6.45) is 5.02. The summed E-state index contributed by atoms with van der Waals surface area (Å²) in [6.45, 7) is 2.23. The quantitative estimate of drug-likeness (QED) is 0.524. The maximum atomic E-state index is 12.1. The van der Waals surface area contributed by atoms with E-state index in [1.807, 2.05) is 36.4 Å². The Hall–Kier alpha value is -2.27. The number of nitrogens with one attached hydrogen (secondary N) is 1. The molecule has 4 nitrogen and oxygen atoms in total. The van der Waals surface area contributed by atoms with Crippen molar-refractivity contribution >= 4 is 35.2 Å². The Balaban J connectivity index is 2.20. The van der Waals surface area contributed by atoms with Crippen molar-refractivity contribution in [2.45, 2.75) is 6.92 Å². The maximum absolute atomic E-state index is 12.1. The molecule has 1 N–H and O–H groups in total. The second-order valence-corrected chi connectivity index (χ2v) is 4.55. The van der Waals surface area contributed by atoms with Crippen molar-refractivity contribution in [2.75, 3.05) is 6.54 Å². The number of allylic oxidation sites excluding steroid dienone is 2. The van der Waals surface area contributed by atoms with Gasteiger partial charge in [-0.05, 0) is 30.8 Å². The predicted molar refractivity (Wildman–Crippen MR) is 81.7 cm³/mol. The fourth-order valence-corrected chi connectivity index (χ4v) is 2.13. The second-order valence-electron chi connectivity index (χ2n) is 4.16. The maximum Gasteiger partial charge on any atom is 0.265 e. The van der Waals surface area contributed by atoms with Crippen LogP contribution in [0.25, 0.3) is 6.08 Å². The van der Waals surface area contributed by atoms with Gasteiger partial charge in [0.15, 0.2) is 5.11 Å². The molecule has 1 aromatic rings. The summed E-state index contributed by atoms with van der Waals surface area (Å²) in [5.74, 6) is -0.818. The monoisotopic (exact) mass is 286 g/mol. The minimum absolute atomic E-state index is 0.0904. The molecule has 0 aromatic heterocycles. The van der Waals surface area contributed by atoms with Crippen LogP contribution in [-0.2, 0) is 9.59 Å². The molecule has 1 aliphatic rings. The molecule has 0 saturated carbocycles. The van der Waals surface area contributed by atoms with Gasteiger partial charge in [0.2, 0.25) is 0 Å². The van der Waals surface area contributed by atoms with Crippen molar-refractivity contribution in [3.8, 4) is 0 Å². The zero-order valence-electron chi connectivity index (χ0n) is 11.0. The number of nitrogens with zero attached hydrogens (tertiary/aromatic N) is 1. The normalized spacial score (nSPS) is 17.9. The molecule has 5 heteroatoms. The number of amides is 2. The molecular formula is C15H14N2O2S. The van der Waals surface area contributed by atoms with Crippen LogP contribution in [0, 0.1) is 0 Å². The molecule has 1 saturated heterocycles. The summed E-state index contributed by atoms with van der Waals surface area (Å²) < 4.78 is 0. The third-order valence-corrected chi connectivity index (χ3v) is 3.18. The molecule has 0 aliphatic carbocycles. The number of hydrogen-bond acceptors (Lipinski definition) is 3. The lowest BCUT2D eigenvalue weighted by Crippen LogP contribution is -2.53. The first-order chi connectivity index (χ1) is 9.63. The molecule has 20 heavy (non-hydrogen) atoms. The van der Waals surface area contributed by atoms with Crippen LogP contribution in [0.3, 0.4) is 0 Å². The SMILES string of the molecule is CCN1C(=O)/C(=C/C=C/c2ccccc2)C(=O)NC1=S.